The van der Waals surface area contributed by atoms with Gasteiger partial charge >= 0.3 is 0 Å². The molecule has 0 atom stereocenters. The van der Waals surface area contributed by atoms with Crippen LogP contribution >= 0.6 is 11.6 Å². The summed E-state index contributed by atoms with van der Waals surface area (Å²) in [6.45, 7) is 5.11. The molecule has 3 aliphatic rings. The number of amides is 1. The van der Waals surface area contributed by atoms with Crippen molar-refractivity contribution < 1.29 is 4.79 Å². The summed E-state index contributed by atoms with van der Waals surface area (Å²) in [7, 11) is 0. The van der Waals surface area contributed by atoms with Crippen molar-refractivity contribution in [2.75, 3.05) is 44.2 Å². The summed E-state index contributed by atoms with van der Waals surface area (Å²) in [5.41, 5.74) is 1.16. The maximum Gasteiger partial charge on any atom is 0.232 e. The van der Waals surface area contributed by atoms with Crippen LogP contribution in [-0.4, -0.2) is 60.9 Å². The van der Waals surface area contributed by atoms with E-state index in [-0.39, 0.29) is 11.8 Å². The van der Waals surface area contributed by atoms with Crippen molar-refractivity contribution in [1.82, 2.24) is 9.80 Å². The molecule has 1 saturated carbocycles. The monoisotopic (exact) mass is 332 g/mol. The fourth-order valence-corrected chi connectivity index (χ4v) is 3.49. The smallest absolute Gasteiger partial charge is 0.232 e. The van der Waals surface area contributed by atoms with Crippen LogP contribution in [0.1, 0.15) is 12.8 Å². The van der Waals surface area contributed by atoms with Crippen molar-refractivity contribution in [2.24, 2.45) is 10.9 Å². The molecule has 4 rings (SSSR count). The summed E-state index contributed by atoms with van der Waals surface area (Å²) in [4.78, 5) is 23.5. The molecule has 0 N–H and O–H groups in total. The number of rotatable bonds is 2. The highest BCUT2D eigenvalue weighted by Crippen LogP contribution is 2.32. The van der Waals surface area contributed by atoms with Crippen molar-refractivity contribution in [2.45, 2.75) is 12.8 Å². The van der Waals surface area contributed by atoms with Gasteiger partial charge in [-0.2, -0.15) is 0 Å². The van der Waals surface area contributed by atoms with Gasteiger partial charge < -0.3 is 9.80 Å². The normalized spacial score (nSPS) is 21.6. The number of halogens is 1. The van der Waals surface area contributed by atoms with Crippen molar-refractivity contribution in [1.29, 1.82) is 0 Å². The number of aliphatic imine (C=N–C) groups is 1. The second-order valence-corrected chi connectivity index (χ2v) is 6.84. The highest BCUT2D eigenvalue weighted by molar-refractivity contribution is 6.30. The predicted molar refractivity (Wildman–Crippen MR) is 92.0 cm³/mol. The van der Waals surface area contributed by atoms with E-state index >= 15 is 0 Å². The van der Waals surface area contributed by atoms with E-state index in [1.165, 1.54) is 0 Å². The molecule has 122 valence electrons. The van der Waals surface area contributed by atoms with Gasteiger partial charge in [0, 0.05) is 49.4 Å². The molecule has 1 saturated heterocycles. The second-order valence-electron chi connectivity index (χ2n) is 6.40. The fourth-order valence-electron chi connectivity index (χ4n) is 3.30. The molecule has 2 aliphatic heterocycles. The third kappa shape index (κ3) is 3.02. The molecule has 0 spiro atoms. The van der Waals surface area contributed by atoms with Gasteiger partial charge in [0.15, 0.2) is 0 Å². The zero-order valence-corrected chi connectivity index (χ0v) is 13.9. The van der Waals surface area contributed by atoms with E-state index in [4.69, 9.17) is 11.6 Å². The lowest BCUT2D eigenvalue weighted by molar-refractivity contribution is -0.128. The van der Waals surface area contributed by atoms with Crippen LogP contribution < -0.4 is 4.90 Å². The van der Waals surface area contributed by atoms with E-state index in [0.29, 0.717) is 0 Å². The van der Waals surface area contributed by atoms with E-state index in [2.05, 4.69) is 20.9 Å². The Kier molecular flexibility index (Phi) is 3.89. The number of guanidine groups is 1. The van der Waals surface area contributed by atoms with Gasteiger partial charge in [-0.3, -0.25) is 14.7 Å². The number of hydrogen-bond donors (Lipinski definition) is 0. The Bertz CT molecular complexity index is 635. The minimum atomic E-state index is 0.256. The van der Waals surface area contributed by atoms with Crippen LogP contribution in [0, 0.1) is 5.92 Å². The third-order valence-electron chi connectivity index (χ3n) is 4.75. The molecule has 2 heterocycles. The lowest BCUT2D eigenvalue weighted by Crippen LogP contribution is -2.53. The SMILES string of the molecule is O=C(C1CC1)N1CCN=C1N1CCN(c2cccc(Cl)c2)CC1. The van der Waals surface area contributed by atoms with Crippen LogP contribution in [0.3, 0.4) is 0 Å². The number of piperazine rings is 1. The molecule has 0 radical (unpaired) electrons. The predicted octanol–water partition coefficient (Wildman–Crippen LogP) is 2.07. The van der Waals surface area contributed by atoms with Gasteiger partial charge in [0.05, 0.1) is 6.54 Å². The number of hydrogen-bond acceptors (Lipinski definition) is 4. The molecule has 6 heteroatoms. The first-order valence-corrected chi connectivity index (χ1v) is 8.71. The minimum absolute atomic E-state index is 0.256. The number of nitrogens with zero attached hydrogens (tertiary/aromatic N) is 4. The Morgan fingerprint density at radius 2 is 1.83 bits per heavy atom. The van der Waals surface area contributed by atoms with Crippen LogP contribution in [0.15, 0.2) is 29.3 Å². The number of carbonyl (C=O) groups is 1. The number of carbonyl (C=O) groups excluding carboxylic acids is 1. The molecule has 1 aromatic carbocycles. The quantitative estimate of drug-likeness (QED) is 0.832. The molecule has 0 unspecified atom stereocenters. The average molecular weight is 333 g/mol. The molecule has 1 aromatic rings. The van der Waals surface area contributed by atoms with Crippen LogP contribution in [0.4, 0.5) is 5.69 Å². The lowest BCUT2D eigenvalue weighted by atomic mass is 10.2. The highest BCUT2D eigenvalue weighted by Gasteiger charge is 2.38. The van der Waals surface area contributed by atoms with Crippen LogP contribution in [0.25, 0.3) is 0 Å². The summed E-state index contributed by atoms with van der Waals surface area (Å²) in [6, 6.07) is 7.99. The number of anilines is 1. The molecule has 1 aliphatic carbocycles. The van der Waals surface area contributed by atoms with Gasteiger partial charge in [0.2, 0.25) is 11.9 Å². The summed E-state index contributed by atoms with van der Waals surface area (Å²) < 4.78 is 0. The van der Waals surface area contributed by atoms with Gasteiger partial charge in [-0.15, -0.1) is 0 Å². The number of benzene rings is 1. The Balaban J connectivity index is 1.40. The van der Waals surface area contributed by atoms with E-state index < -0.39 is 0 Å². The van der Waals surface area contributed by atoms with Gasteiger partial charge in [-0.1, -0.05) is 17.7 Å². The van der Waals surface area contributed by atoms with Crippen LogP contribution in [-0.2, 0) is 4.79 Å². The first-order chi connectivity index (χ1) is 11.2. The third-order valence-corrected chi connectivity index (χ3v) is 4.98. The lowest BCUT2D eigenvalue weighted by Gasteiger charge is -2.38. The molecule has 2 fully saturated rings. The van der Waals surface area contributed by atoms with Crippen molar-refractivity contribution >= 4 is 29.2 Å². The van der Waals surface area contributed by atoms with E-state index in [1.54, 1.807) is 0 Å². The standard InChI is InChI=1S/C17H21ClN4O/c18-14-2-1-3-15(12-14)20-8-10-21(11-9-20)17-19-6-7-22(17)16(23)13-4-5-13/h1-3,12-13H,4-11H2. The van der Waals surface area contributed by atoms with Crippen molar-refractivity contribution in [3.63, 3.8) is 0 Å². The summed E-state index contributed by atoms with van der Waals surface area (Å²) >= 11 is 6.09. The molecular formula is C17H21ClN4O. The summed E-state index contributed by atoms with van der Waals surface area (Å²) in [5.74, 6) is 1.43. The van der Waals surface area contributed by atoms with Gasteiger partial charge in [-0.25, -0.2) is 0 Å². The van der Waals surface area contributed by atoms with E-state index in [9.17, 15) is 4.79 Å². The molecule has 0 bridgehead atoms. The zero-order valence-electron chi connectivity index (χ0n) is 13.1. The van der Waals surface area contributed by atoms with E-state index in [1.807, 2.05) is 23.1 Å². The van der Waals surface area contributed by atoms with Crippen molar-refractivity contribution in [3.05, 3.63) is 29.3 Å². The van der Waals surface area contributed by atoms with Crippen LogP contribution in [0.2, 0.25) is 5.02 Å². The zero-order chi connectivity index (χ0) is 15.8. The van der Waals surface area contributed by atoms with Crippen LogP contribution in [0.5, 0.6) is 0 Å². The van der Waals surface area contributed by atoms with Crippen molar-refractivity contribution in [3.8, 4) is 0 Å². The Hall–Kier alpha value is -1.75. The molecule has 0 aromatic heterocycles. The maximum absolute atomic E-state index is 12.4. The summed E-state index contributed by atoms with van der Waals surface area (Å²) in [5, 5.41) is 0.770. The molecule has 5 nitrogen and oxygen atoms in total. The molecule has 23 heavy (non-hydrogen) atoms. The highest BCUT2D eigenvalue weighted by atomic mass is 35.5. The maximum atomic E-state index is 12.4. The van der Waals surface area contributed by atoms with E-state index in [0.717, 1.165) is 68.8 Å². The molecular weight excluding hydrogens is 312 g/mol. The summed E-state index contributed by atoms with van der Waals surface area (Å²) in [6.07, 6.45) is 2.09. The first-order valence-electron chi connectivity index (χ1n) is 8.34. The van der Waals surface area contributed by atoms with Gasteiger partial charge in [-0.05, 0) is 31.0 Å². The minimum Gasteiger partial charge on any atom is -0.368 e. The molecule has 1 amide bonds. The van der Waals surface area contributed by atoms with Gasteiger partial charge in [0.25, 0.3) is 0 Å². The van der Waals surface area contributed by atoms with Gasteiger partial charge in [0.1, 0.15) is 0 Å². The largest absolute Gasteiger partial charge is 0.368 e. The Morgan fingerprint density at radius 3 is 2.52 bits per heavy atom. The Labute approximate surface area is 141 Å². The second kappa shape index (κ2) is 6.04. The first kappa shape index (κ1) is 14.8. The average Bonchev–Trinajstić information content (AvgIpc) is 3.31. The fraction of sp³-hybridized carbons (Fsp3) is 0.529. The topological polar surface area (TPSA) is 39.2 Å². The Morgan fingerprint density at radius 1 is 1.09 bits per heavy atom.